The summed E-state index contributed by atoms with van der Waals surface area (Å²) in [7, 11) is 0. The van der Waals surface area contributed by atoms with Crippen LogP contribution in [0, 0.1) is 0 Å². The maximum absolute atomic E-state index is 11.4. The van der Waals surface area contributed by atoms with Gasteiger partial charge >= 0.3 is 0 Å². The largest absolute Gasteiger partial charge is 0.365 e. The lowest BCUT2D eigenvalue weighted by Gasteiger charge is -2.24. The Morgan fingerprint density at radius 3 is 3.17 bits per heavy atom. The number of nitrogens with zero attached hydrogens (tertiary/aromatic N) is 3. The summed E-state index contributed by atoms with van der Waals surface area (Å²) in [5.74, 6) is 0.770. The molecule has 0 saturated carbocycles. The fourth-order valence-corrected chi connectivity index (χ4v) is 2.95. The molecule has 7 nitrogen and oxygen atoms in total. The lowest BCUT2D eigenvalue weighted by molar-refractivity contribution is 0.479. The zero-order valence-electron chi connectivity index (χ0n) is 12.6. The lowest BCUT2D eigenvalue weighted by Crippen LogP contribution is -2.38. The molecule has 0 spiro atoms. The second kappa shape index (κ2) is 5.85. The van der Waals surface area contributed by atoms with Crippen molar-refractivity contribution in [2.24, 2.45) is 0 Å². The number of aromatic nitrogens is 4. The van der Waals surface area contributed by atoms with E-state index in [1.54, 1.807) is 24.7 Å². The van der Waals surface area contributed by atoms with Crippen LogP contribution >= 0.6 is 0 Å². The van der Waals surface area contributed by atoms with Gasteiger partial charge in [0.2, 0.25) is 0 Å². The SMILES string of the molecule is O=c1ccn2c(-c3cncc(N[C@@H]4CCCNC4)n3)c[nH]c2c1. The smallest absolute Gasteiger partial charge is 0.183 e. The molecule has 3 aromatic rings. The van der Waals surface area contributed by atoms with Crippen LogP contribution in [0.15, 0.2) is 41.7 Å². The number of fused-ring (bicyclic) bond motifs is 1. The summed E-state index contributed by atoms with van der Waals surface area (Å²) in [5.41, 5.74) is 2.35. The molecule has 0 unspecified atom stereocenters. The van der Waals surface area contributed by atoms with E-state index in [9.17, 15) is 4.79 Å². The molecule has 4 heterocycles. The fraction of sp³-hybridized carbons (Fsp3) is 0.312. The Bertz CT molecular complexity index is 877. The summed E-state index contributed by atoms with van der Waals surface area (Å²) >= 11 is 0. The van der Waals surface area contributed by atoms with Gasteiger partial charge in [-0.15, -0.1) is 0 Å². The normalized spacial score (nSPS) is 18.2. The Morgan fingerprint density at radius 1 is 1.35 bits per heavy atom. The average Bonchev–Trinajstić information content (AvgIpc) is 2.99. The first-order valence-electron chi connectivity index (χ1n) is 7.79. The van der Waals surface area contributed by atoms with Gasteiger partial charge in [-0.3, -0.25) is 14.2 Å². The summed E-state index contributed by atoms with van der Waals surface area (Å²) in [6.45, 7) is 2.03. The first-order chi connectivity index (χ1) is 11.3. The summed E-state index contributed by atoms with van der Waals surface area (Å²) < 4.78 is 1.90. The van der Waals surface area contributed by atoms with Gasteiger partial charge in [-0.2, -0.15) is 0 Å². The van der Waals surface area contributed by atoms with Gasteiger partial charge in [-0.1, -0.05) is 0 Å². The first kappa shape index (κ1) is 14.0. The number of pyridine rings is 1. The highest BCUT2D eigenvalue weighted by atomic mass is 16.1. The zero-order valence-corrected chi connectivity index (χ0v) is 12.6. The van der Waals surface area contributed by atoms with Crippen molar-refractivity contribution in [1.82, 2.24) is 24.7 Å². The predicted octanol–water partition coefficient (Wildman–Crippen LogP) is 1.25. The van der Waals surface area contributed by atoms with Crippen LogP contribution in [0.2, 0.25) is 0 Å². The molecular formula is C16H18N6O. The maximum Gasteiger partial charge on any atom is 0.183 e. The molecular weight excluding hydrogens is 292 g/mol. The van der Waals surface area contributed by atoms with E-state index in [4.69, 9.17) is 0 Å². The number of rotatable bonds is 3. The number of H-pyrrole nitrogens is 1. The summed E-state index contributed by atoms with van der Waals surface area (Å²) in [5, 5.41) is 6.81. The number of aromatic amines is 1. The van der Waals surface area contributed by atoms with E-state index in [1.165, 1.54) is 12.5 Å². The molecule has 4 rings (SSSR count). The molecule has 3 aromatic heterocycles. The lowest BCUT2D eigenvalue weighted by atomic mass is 10.1. The van der Waals surface area contributed by atoms with Crippen LogP contribution in [0.3, 0.4) is 0 Å². The van der Waals surface area contributed by atoms with Crippen molar-refractivity contribution in [2.75, 3.05) is 18.4 Å². The van der Waals surface area contributed by atoms with Crippen LogP contribution in [0.4, 0.5) is 5.82 Å². The molecule has 0 aromatic carbocycles. The van der Waals surface area contributed by atoms with Crippen molar-refractivity contribution in [3.05, 3.63) is 47.1 Å². The van der Waals surface area contributed by atoms with Gasteiger partial charge in [0.05, 0.1) is 18.1 Å². The molecule has 1 saturated heterocycles. The molecule has 0 radical (unpaired) electrons. The van der Waals surface area contributed by atoms with Crippen LogP contribution in [-0.4, -0.2) is 38.5 Å². The van der Waals surface area contributed by atoms with Gasteiger partial charge in [0, 0.05) is 37.1 Å². The average molecular weight is 310 g/mol. The fourth-order valence-electron chi connectivity index (χ4n) is 2.95. The second-order valence-electron chi connectivity index (χ2n) is 5.77. The molecule has 1 aliphatic rings. The predicted molar refractivity (Wildman–Crippen MR) is 88.6 cm³/mol. The first-order valence-corrected chi connectivity index (χ1v) is 7.79. The molecule has 7 heteroatoms. The summed E-state index contributed by atoms with van der Waals surface area (Å²) in [6, 6.07) is 3.48. The highest BCUT2D eigenvalue weighted by molar-refractivity contribution is 5.60. The van der Waals surface area contributed by atoms with E-state index in [0.717, 1.165) is 42.4 Å². The molecule has 0 aliphatic carbocycles. The maximum atomic E-state index is 11.4. The van der Waals surface area contributed by atoms with Gasteiger partial charge in [0.15, 0.2) is 5.43 Å². The van der Waals surface area contributed by atoms with Crippen LogP contribution < -0.4 is 16.1 Å². The highest BCUT2D eigenvalue weighted by Crippen LogP contribution is 2.19. The van der Waals surface area contributed by atoms with Crippen molar-refractivity contribution in [1.29, 1.82) is 0 Å². The number of hydrogen-bond donors (Lipinski definition) is 3. The minimum absolute atomic E-state index is 0.0234. The Hall–Kier alpha value is -2.67. The van der Waals surface area contributed by atoms with Crippen molar-refractivity contribution in [2.45, 2.75) is 18.9 Å². The molecule has 0 bridgehead atoms. The topological polar surface area (TPSA) is 87.1 Å². The van der Waals surface area contributed by atoms with E-state index in [0.29, 0.717) is 6.04 Å². The quantitative estimate of drug-likeness (QED) is 0.678. The second-order valence-corrected chi connectivity index (χ2v) is 5.77. The Morgan fingerprint density at radius 2 is 2.30 bits per heavy atom. The van der Waals surface area contributed by atoms with Crippen molar-refractivity contribution >= 4 is 11.5 Å². The zero-order chi connectivity index (χ0) is 15.6. The Labute approximate surface area is 132 Å². The van der Waals surface area contributed by atoms with Crippen molar-refractivity contribution in [3.63, 3.8) is 0 Å². The molecule has 1 fully saturated rings. The van der Waals surface area contributed by atoms with Gasteiger partial charge < -0.3 is 15.6 Å². The number of hydrogen-bond acceptors (Lipinski definition) is 5. The van der Waals surface area contributed by atoms with E-state index >= 15 is 0 Å². The third-order valence-electron chi connectivity index (χ3n) is 4.09. The molecule has 1 atom stereocenters. The number of nitrogens with one attached hydrogen (secondary N) is 3. The molecule has 23 heavy (non-hydrogen) atoms. The van der Waals surface area contributed by atoms with Crippen molar-refractivity contribution < 1.29 is 0 Å². The third kappa shape index (κ3) is 2.83. The van der Waals surface area contributed by atoms with Gasteiger partial charge in [-0.05, 0) is 19.4 Å². The minimum Gasteiger partial charge on any atom is -0.365 e. The highest BCUT2D eigenvalue weighted by Gasteiger charge is 2.14. The molecule has 0 amide bonds. The van der Waals surface area contributed by atoms with E-state index < -0.39 is 0 Å². The van der Waals surface area contributed by atoms with Gasteiger partial charge in [0.1, 0.15) is 17.2 Å². The van der Waals surface area contributed by atoms with E-state index in [-0.39, 0.29) is 5.43 Å². The molecule has 1 aliphatic heterocycles. The Balaban J connectivity index is 1.65. The number of anilines is 1. The summed E-state index contributed by atoms with van der Waals surface area (Å²) in [6.07, 6.45) is 9.35. The van der Waals surface area contributed by atoms with Crippen LogP contribution in [-0.2, 0) is 0 Å². The standard InChI is InChI=1S/C16H18N6O/c23-12-3-5-22-14(9-19-16(22)6-12)13-8-18-10-15(21-13)20-11-2-1-4-17-7-11/h3,5-6,8-11,17,19H,1-2,4,7H2,(H,20,21)/t11-/m1/s1. The monoisotopic (exact) mass is 310 g/mol. The summed E-state index contributed by atoms with van der Waals surface area (Å²) in [4.78, 5) is 23.5. The van der Waals surface area contributed by atoms with E-state index in [2.05, 4.69) is 25.6 Å². The van der Waals surface area contributed by atoms with Crippen LogP contribution in [0.1, 0.15) is 12.8 Å². The third-order valence-corrected chi connectivity index (χ3v) is 4.09. The van der Waals surface area contributed by atoms with Crippen LogP contribution in [0.5, 0.6) is 0 Å². The molecule has 3 N–H and O–H groups in total. The van der Waals surface area contributed by atoms with Gasteiger partial charge in [0.25, 0.3) is 0 Å². The minimum atomic E-state index is -0.0234. The molecule has 118 valence electrons. The van der Waals surface area contributed by atoms with Gasteiger partial charge in [-0.25, -0.2) is 4.98 Å². The number of imidazole rings is 1. The number of piperidine rings is 1. The van der Waals surface area contributed by atoms with Crippen LogP contribution in [0.25, 0.3) is 17.0 Å². The van der Waals surface area contributed by atoms with E-state index in [1.807, 2.05) is 10.6 Å². The Kier molecular flexibility index (Phi) is 3.55. The van der Waals surface area contributed by atoms with Crippen molar-refractivity contribution in [3.8, 4) is 11.4 Å².